The monoisotopic (exact) mass is 238 g/mol. The van der Waals surface area contributed by atoms with Gasteiger partial charge in [0.25, 0.3) is 0 Å². The van der Waals surface area contributed by atoms with E-state index in [2.05, 4.69) is 31.3 Å². The van der Waals surface area contributed by atoms with Gasteiger partial charge in [0.2, 0.25) is 0 Å². The molecule has 9 heavy (non-hydrogen) atoms. The van der Waals surface area contributed by atoms with Gasteiger partial charge in [-0.2, -0.15) is 0 Å². The van der Waals surface area contributed by atoms with Crippen molar-refractivity contribution in [1.29, 1.82) is 0 Å². The minimum atomic E-state index is 0.917. The van der Waals surface area contributed by atoms with Gasteiger partial charge in [0.15, 0.2) is 0 Å². The van der Waals surface area contributed by atoms with Gasteiger partial charge in [-0.25, -0.2) is 3.11 Å². The molecule has 2 atom stereocenters. The second-order valence-electron chi connectivity index (χ2n) is 2.89. The second-order valence-corrected chi connectivity index (χ2v) is 4.13. The Bertz CT molecular complexity index is 118. The molecule has 2 nitrogen and oxygen atoms in total. The van der Waals surface area contributed by atoms with Gasteiger partial charge >= 0.3 is 0 Å². The Morgan fingerprint density at radius 2 is 2.44 bits per heavy atom. The molecular weight excluding hydrogens is 227 g/mol. The van der Waals surface area contributed by atoms with Gasteiger partial charge in [-0.3, -0.25) is 0 Å². The fourth-order valence-corrected chi connectivity index (χ4v) is 2.36. The number of nitrogens with zero attached hydrogens (tertiary/aromatic N) is 1. The molecule has 0 spiro atoms. The molecular formula is C6H11IN2. The summed E-state index contributed by atoms with van der Waals surface area (Å²) in [5.41, 5.74) is 0. The molecule has 0 aromatic carbocycles. The first-order valence-corrected chi connectivity index (χ1v) is 4.47. The summed E-state index contributed by atoms with van der Waals surface area (Å²) in [6.45, 7) is 3.65. The molecule has 1 heterocycles. The molecule has 0 bridgehead atoms. The SMILES string of the molecule is IN1CCNCC2CC21. The summed E-state index contributed by atoms with van der Waals surface area (Å²) in [4.78, 5) is 0. The van der Waals surface area contributed by atoms with E-state index in [4.69, 9.17) is 0 Å². The zero-order valence-corrected chi connectivity index (χ0v) is 7.47. The lowest BCUT2D eigenvalue weighted by atomic mass is 10.4. The maximum absolute atomic E-state index is 3.42. The van der Waals surface area contributed by atoms with Crippen molar-refractivity contribution >= 4 is 22.9 Å². The predicted molar refractivity (Wildman–Crippen MR) is 45.5 cm³/mol. The van der Waals surface area contributed by atoms with E-state index in [0.717, 1.165) is 12.0 Å². The van der Waals surface area contributed by atoms with E-state index in [9.17, 15) is 0 Å². The van der Waals surface area contributed by atoms with E-state index in [1.807, 2.05) is 0 Å². The average Bonchev–Trinajstić information content (AvgIpc) is 2.55. The molecule has 1 N–H and O–H groups in total. The molecule has 1 saturated heterocycles. The molecule has 0 amide bonds. The van der Waals surface area contributed by atoms with Crippen LogP contribution in [0.3, 0.4) is 0 Å². The van der Waals surface area contributed by atoms with Gasteiger partial charge in [0, 0.05) is 42.0 Å². The van der Waals surface area contributed by atoms with Crippen LogP contribution in [0.5, 0.6) is 0 Å². The smallest absolute Gasteiger partial charge is 0.0239 e. The maximum atomic E-state index is 3.42. The third-order valence-electron chi connectivity index (χ3n) is 2.15. The summed E-state index contributed by atoms with van der Waals surface area (Å²) < 4.78 is 2.45. The zero-order valence-electron chi connectivity index (χ0n) is 5.31. The molecule has 2 fully saturated rings. The van der Waals surface area contributed by atoms with E-state index in [1.54, 1.807) is 0 Å². The van der Waals surface area contributed by atoms with Gasteiger partial charge in [0.05, 0.1) is 0 Å². The summed E-state index contributed by atoms with van der Waals surface area (Å²) >= 11 is 2.44. The van der Waals surface area contributed by atoms with Crippen LogP contribution >= 0.6 is 22.9 Å². The highest BCUT2D eigenvalue weighted by Crippen LogP contribution is 2.37. The van der Waals surface area contributed by atoms with Crippen LogP contribution in [0.2, 0.25) is 0 Å². The number of halogens is 1. The highest BCUT2D eigenvalue weighted by atomic mass is 127. The van der Waals surface area contributed by atoms with Crippen molar-refractivity contribution < 1.29 is 0 Å². The third kappa shape index (κ3) is 1.23. The zero-order chi connectivity index (χ0) is 6.27. The fourth-order valence-electron chi connectivity index (χ4n) is 1.43. The summed E-state index contributed by atoms with van der Waals surface area (Å²) in [5, 5.41) is 3.42. The Labute approximate surface area is 69.5 Å². The van der Waals surface area contributed by atoms with Crippen LogP contribution in [0.4, 0.5) is 0 Å². The summed E-state index contributed by atoms with van der Waals surface area (Å²) in [5.74, 6) is 0.976. The Morgan fingerprint density at radius 1 is 1.56 bits per heavy atom. The van der Waals surface area contributed by atoms with Crippen LogP contribution in [-0.4, -0.2) is 28.8 Å². The van der Waals surface area contributed by atoms with Crippen molar-refractivity contribution in [3.8, 4) is 0 Å². The molecule has 1 aliphatic heterocycles. The third-order valence-corrected chi connectivity index (χ3v) is 3.35. The lowest BCUT2D eigenvalue weighted by Crippen LogP contribution is -2.22. The number of nitrogens with one attached hydrogen (secondary N) is 1. The Hall–Kier alpha value is 0.650. The number of hydrogen-bond acceptors (Lipinski definition) is 2. The molecule has 3 heteroatoms. The van der Waals surface area contributed by atoms with Crippen LogP contribution in [0.25, 0.3) is 0 Å². The molecule has 2 rings (SSSR count). The summed E-state index contributed by atoms with van der Waals surface area (Å²) in [6.07, 6.45) is 1.43. The van der Waals surface area contributed by atoms with E-state index in [-0.39, 0.29) is 0 Å². The molecule has 2 aliphatic rings. The molecule has 0 radical (unpaired) electrons. The summed E-state index contributed by atoms with van der Waals surface area (Å²) in [6, 6.07) is 0.917. The molecule has 2 unspecified atom stereocenters. The fraction of sp³-hybridized carbons (Fsp3) is 1.00. The normalized spacial score (nSPS) is 43.7. The summed E-state index contributed by atoms with van der Waals surface area (Å²) in [7, 11) is 0. The van der Waals surface area contributed by atoms with Gasteiger partial charge in [-0.1, -0.05) is 0 Å². The second kappa shape index (κ2) is 2.36. The number of rotatable bonds is 0. The molecule has 1 aliphatic carbocycles. The topological polar surface area (TPSA) is 15.3 Å². The van der Waals surface area contributed by atoms with Crippen molar-refractivity contribution in [3.05, 3.63) is 0 Å². The minimum Gasteiger partial charge on any atom is -0.315 e. The van der Waals surface area contributed by atoms with Crippen LogP contribution in [0.15, 0.2) is 0 Å². The first kappa shape index (κ1) is 6.37. The van der Waals surface area contributed by atoms with E-state index in [0.29, 0.717) is 0 Å². The van der Waals surface area contributed by atoms with Crippen molar-refractivity contribution in [3.63, 3.8) is 0 Å². The van der Waals surface area contributed by atoms with Crippen LogP contribution < -0.4 is 5.32 Å². The minimum absolute atomic E-state index is 0.917. The lowest BCUT2D eigenvalue weighted by molar-refractivity contribution is 0.509. The molecule has 1 saturated carbocycles. The van der Waals surface area contributed by atoms with Crippen molar-refractivity contribution in [2.24, 2.45) is 5.92 Å². The first-order chi connectivity index (χ1) is 4.38. The van der Waals surface area contributed by atoms with Gasteiger partial charge in [-0.15, -0.1) is 0 Å². The van der Waals surface area contributed by atoms with Gasteiger partial charge in [0.1, 0.15) is 0 Å². The van der Waals surface area contributed by atoms with Crippen LogP contribution in [0, 0.1) is 5.92 Å². The molecule has 0 aromatic heterocycles. The van der Waals surface area contributed by atoms with Crippen LogP contribution in [0.1, 0.15) is 6.42 Å². The van der Waals surface area contributed by atoms with Crippen molar-refractivity contribution in [2.45, 2.75) is 12.5 Å². The van der Waals surface area contributed by atoms with Crippen molar-refractivity contribution in [2.75, 3.05) is 19.6 Å². The van der Waals surface area contributed by atoms with E-state index in [1.165, 1.54) is 26.1 Å². The number of hydrogen-bond donors (Lipinski definition) is 1. The highest BCUT2D eigenvalue weighted by molar-refractivity contribution is 14.1. The van der Waals surface area contributed by atoms with Crippen molar-refractivity contribution in [1.82, 2.24) is 8.43 Å². The van der Waals surface area contributed by atoms with E-state index < -0.39 is 0 Å². The number of fused-ring (bicyclic) bond motifs is 1. The predicted octanol–water partition coefficient (Wildman–Crippen LogP) is 0.630. The standard InChI is InChI=1S/C6H11IN2/c7-9-2-1-8-4-5-3-6(5)9/h5-6,8H,1-4H2. The average molecular weight is 238 g/mol. The maximum Gasteiger partial charge on any atom is 0.0239 e. The van der Waals surface area contributed by atoms with Gasteiger partial charge in [-0.05, 0) is 18.9 Å². The first-order valence-electron chi connectivity index (χ1n) is 3.51. The Morgan fingerprint density at radius 3 is 3.33 bits per heavy atom. The molecule has 0 aromatic rings. The molecule has 52 valence electrons. The highest BCUT2D eigenvalue weighted by Gasteiger charge is 2.41. The lowest BCUT2D eigenvalue weighted by Gasteiger charge is -2.09. The Balaban J connectivity index is 1.96. The van der Waals surface area contributed by atoms with Gasteiger partial charge < -0.3 is 5.32 Å². The quantitative estimate of drug-likeness (QED) is 0.492. The largest absolute Gasteiger partial charge is 0.315 e. The van der Waals surface area contributed by atoms with E-state index >= 15 is 0 Å². The Kier molecular flexibility index (Phi) is 1.67. The van der Waals surface area contributed by atoms with Crippen LogP contribution in [-0.2, 0) is 0 Å².